The molecule has 0 N–H and O–H groups in total. The SMILES string of the molecule is CCOC(=O)CC(OC(C)=O)C(C)Oc1ccc(Oc2ccc(C(F)(F)F)cc2)cc1. The number of alkyl halides is 3. The molecule has 0 aliphatic rings. The Kier molecular flexibility index (Phi) is 8.30. The Labute approximate surface area is 177 Å². The van der Waals surface area contributed by atoms with Crippen molar-refractivity contribution in [1.29, 1.82) is 0 Å². The van der Waals surface area contributed by atoms with Crippen LogP contribution in [0.5, 0.6) is 17.2 Å². The van der Waals surface area contributed by atoms with Crippen LogP contribution in [0.25, 0.3) is 0 Å². The van der Waals surface area contributed by atoms with Gasteiger partial charge in [-0.3, -0.25) is 9.59 Å². The smallest absolute Gasteiger partial charge is 0.416 e. The third-order valence-corrected chi connectivity index (χ3v) is 4.08. The van der Waals surface area contributed by atoms with Crippen molar-refractivity contribution in [1.82, 2.24) is 0 Å². The second-order valence-corrected chi connectivity index (χ2v) is 6.58. The van der Waals surface area contributed by atoms with Gasteiger partial charge in [-0.1, -0.05) is 0 Å². The molecule has 2 aromatic carbocycles. The van der Waals surface area contributed by atoms with Gasteiger partial charge in [0.25, 0.3) is 0 Å². The van der Waals surface area contributed by atoms with E-state index in [4.69, 9.17) is 18.9 Å². The fraction of sp³-hybridized carbons (Fsp3) is 0.364. The van der Waals surface area contributed by atoms with Crippen molar-refractivity contribution >= 4 is 11.9 Å². The summed E-state index contributed by atoms with van der Waals surface area (Å²) in [6, 6.07) is 10.7. The van der Waals surface area contributed by atoms with Crippen LogP contribution in [-0.2, 0) is 25.2 Å². The number of esters is 2. The number of halogens is 3. The van der Waals surface area contributed by atoms with E-state index in [0.29, 0.717) is 11.5 Å². The molecule has 0 heterocycles. The molecule has 9 heteroatoms. The molecule has 0 aliphatic heterocycles. The number of benzene rings is 2. The summed E-state index contributed by atoms with van der Waals surface area (Å²) in [4.78, 5) is 23.1. The van der Waals surface area contributed by atoms with Crippen molar-refractivity contribution in [3.63, 3.8) is 0 Å². The molecule has 168 valence electrons. The third-order valence-electron chi connectivity index (χ3n) is 4.08. The van der Waals surface area contributed by atoms with E-state index in [9.17, 15) is 22.8 Å². The van der Waals surface area contributed by atoms with Crippen LogP contribution >= 0.6 is 0 Å². The minimum absolute atomic E-state index is 0.149. The van der Waals surface area contributed by atoms with Gasteiger partial charge in [0, 0.05) is 6.92 Å². The number of carbonyl (C=O) groups is 2. The maximum absolute atomic E-state index is 12.6. The Hall–Kier alpha value is -3.23. The first-order chi connectivity index (χ1) is 14.6. The molecule has 0 radical (unpaired) electrons. The third kappa shape index (κ3) is 7.84. The van der Waals surface area contributed by atoms with E-state index in [2.05, 4.69) is 0 Å². The quantitative estimate of drug-likeness (QED) is 0.502. The normalized spacial score (nSPS) is 13.1. The van der Waals surface area contributed by atoms with Crippen molar-refractivity contribution in [3.8, 4) is 17.2 Å². The minimum Gasteiger partial charge on any atom is -0.487 e. The molecular weight excluding hydrogens is 417 g/mol. The van der Waals surface area contributed by atoms with Crippen LogP contribution in [0.15, 0.2) is 48.5 Å². The average molecular weight is 440 g/mol. The maximum atomic E-state index is 12.6. The predicted molar refractivity (Wildman–Crippen MR) is 105 cm³/mol. The number of carbonyl (C=O) groups excluding carboxylic acids is 2. The van der Waals surface area contributed by atoms with Crippen LogP contribution in [0.2, 0.25) is 0 Å². The fourth-order valence-corrected chi connectivity index (χ4v) is 2.63. The summed E-state index contributed by atoms with van der Waals surface area (Å²) >= 11 is 0. The standard InChI is InChI=1S/C22H23F3O6/c1-4-28-21(27)13-20(30-15(3)26)14(2)29-17-9-11-19(12-10-17)31-18-7-5-16(6-8-18)22(23,24)25/h5-12,14,20H,4,13H2,1-3H3. The van der Waals surface area contributed by atoms with Gasteiger partial charge in [-0.05, 0) is 62.4 Å². The van der Waals surface area contributed by atoms with Crippen LogP contribution in [0.1, 0.15) is 32.8 Å². The zero-order chi connectivity index (χ0) is 23.0. The molecule has 0 spiro atoms. The van der Waals surface area contributed by atoms with E-state index < -0.39 is 35.9 Å². The Morgan fingerprint density at radius 3 is 1.94 bits per heavy atom. The van der Waals surface area contributed by atoms with Crippen LogP contribution in [0.4, 0.5) is 13.2 Å². The Morgan fingerprint density at radius 2 is 1.45 bits per heavy atom. The molecule has 2 rings (SSSR count). The highest BCUT2D eigenvalue weighted by Crippen LogP contribution is 2.31. The van der Waals surface area contributed by atoms with Crippen LogP contribution in [0.3, 0.4) is 0 Å². The lowest BCUT2D eigenvalue weighted by molar-refractivity contribution is -0.157. The fourth-order valence-electron chi connectivity index (χ4n) is 2.63. The average Bonchev–Trinajstić information content (AvgIpc) is 2.68. The summed E-state index contributed by atoms with van der Waals surface area (Å²) < 4.78 is 59.2. The summed E-state index contributed by atoms with van der Waals surface area (Å²) in [6.07, 6.45) is -6.04. The van der Waals surface area contributed by atoms with Gasteiger partial charge in [0.1, 0.15) is 29.5 Å². The van der Waals surface area contributed by atoms with E-state index in [1.54, 1.807) is 38.1 Å². The van der Waals surface area contributed by atoms with Gasteiger partial charge in [0.05, 0.1) is 18.6 Å². The summed E-state index contributed by atoms with van der Waals surface area (Å²) in [5.41, 5.74) is -0.761. The lowest BCUT2D eigenvalue weighted by Gasteiger charge is -2.24. The van der Waals surface area contributed by atoms with Gasteiger partial charge >= 0.3 is 18.1 Å². The first kappa shape index (κ1) is 24.0. The zero-order valence-corrected chi connectivity index (χ0v) is 17.3. The van der Waals surface area contributed by atoms with E-state index in [0.717, 1.165) is 12.1 Å². The van der Waals surface area contributed by atoms with Crippen molar-refractivity contribution in [2.45, 2.75) is 45.6 Å². The maximum Gasteiger partial charge on any atom is 0.416 e. The number of ether oxygens (including phenoxy) is 4. The molecule has 2 atom stereocenters. The van der Waals surface area contributed by atoms with Crippen LogP contribution in [-0.4, -0.2) is 30.8 Å². The molecule has 0 fully saturated rings. The van der Waals surface area contributed by atoms with E-state index >= 15 is 0 Å². The van der Waals surface area contributed by atoms with Crippen LogP contribution in [0, 0.1) is 0 Å². The lowest BCUT2D eigenvalue weighted by atomic mass is 10.1. The molecule has 0 amide bonds. The summed E-state index contributed by atoms with van der Waals surface area (Å²) in [5, 5.41) is 0. The van der Waals surface area contributed by atoms with E-state index in [1.165, 1.54) is 19.1 Å². The number of hydrogen-bond donors (Lipinski definition) is 0. The van der Waals surface area contributed by atoms with Crippen molar-refractivity contribution in [2.75, 3.05) is 6.61 Å². The van der Waals surface area contributed by atoms with E-state index in [1.807, 2.05) is 0 Å². The molecule has 2 aromatic rings. The highest BCUT2D eigenvalue weighted by molar-refractivity contribution is 5.71. The number of rotatable bonds is 9. The van der Waals surface area contributed by atoms with Gasteiger partial charge in [0.15, 0.2) is 0 Å². The lowest BCUT2D eigenvalue weighted by Crippen LogP contribution is -2.35. The zero-order valence-electron chi connectivity index (χ0n) is 17.3. The molecule has 0 bridgehead atoms. The highest BCUT2D eigenvalue weighted by Gasteiger charge is 2.30. The topological polar surface area (TPSA) is 71.1 Å². The second-order valence-electron chi connectivity index (χ2n) is 6.58. The first-order valence-corrected chi connectivity index (χ1v) is 9.53. The number of hydrogen-bond acceptors (Lipinski definition) is 6. The van der Waals surface area contributed by atoms with Crippen molar-refractivity contribution < 1.29 is 41.7 Å². The van der Waals surface area contributed by atoms with E-state index in [-0.39, 0.29) is 18.8 Å². The first-order valence-electron chi connectivity index (χ1n) is 9.53. The molecule has 0 aromatic heterocycles. The van der Waals surface area contributed by atoms with Crippen LogP contribution < -0.4 is 9.47 Å². The molecule has 31 heavy (non-hydrogen) atoms. The molecule has 2 unspecified atom stereocenters. The molecule has 0 saturated carbocycles. The molecule has 0 aliphatic carbocycles. The Morgan fingerprint density at radius 1 is 0.935 bits per heavy atom. The van der Waals surface area contributed by atoms with Gasteiger partial charge in [-0.2, -0.15) is 13.2 Å². The van der Waals surface area contributed by atoms with Gasteiger partial charge in [0.2, 0.25) is 0 Å². The highest BCUT2D eigenvalue weighted by atomic mass is 19.4. The van der Waals surface area contributed by atoms with Gasteiger partial charge in [-0.25, -0.2) is 0 Å². The summed E-state index contributed by atoms with van der Waals surface area (Å²) in [7, 11) is 0. The molecular formula is C22H23F3O6. The molecule has 0 saturated heterocycles. The van der Waals surface area contributed by atoms with Gasteiger partial charge < -0.3 is 18.9 Å². The molecule has 6 nitrogen and oxygen atoms in total. The predicted octanol–water partition coefficient (Wildman–Crippen LogP) is 5.15. The monoisotopic (exact) mass is 440 g/mol. The van der Waals surface area contributed by atoms with Gasteiger partial charge in [-0.15, -0.1) is 0 Å². The Bertz CT molecular complexity index is 862. The Balaban J connectivity index is 1.99. The minimum atomic E-state index is -4.41. The summed E-state index contributed by atoms with van der Waals surface area (Å²) in [6.45, 7) is 4.77. The second kappa shape index (κ2) is 10.7. The summed E-state index contributed by atoms with van der Waals surface area (Å²) in [5.74, 6) is 0.00465. The van der Waals surface area contributed by atoms with Crippen molar-refractivity contribution in [3.05, 3.63) is 54.1 Å². The largest absolute Gasteiger partial charge is 0.487 e. The van der Waals surface area contributed by atoms with Crippen molar-refractivity contribution in [2.24, 2.45) is 0 Å².